The van der Waals surface area contributed by atoms with Crippen LogP contribution in [0.15, 0.2) is 41.5 Å². The molecule has 6 heteroatoms. The second-order valence-corrected chi connectivity index (χ2v) is 4.26. The summed E-state index contributed by atoms with van der Waals surface area (Å²) in [6.07, 6.45) is 1.46. The Morgan fingerprint density at radius 1 is 1.37 bits per heavy atom. The van der Waals surface area contributed by atoms with Gasteiger partial charge in [-0.3, -0.25) is 9.89 Å². The van der Waals surface area contributed by atoms with Crippen LogP contribution in [0.5, 0.6) is 0 Å². The monoisotopic (exact) mass is 255 g/mol. The lowest BCUT2D eigenvalue weighted by molar-refractivity contribution is 0.903. The van der Waals surface area contributed by atoms with Crippen LogP contribution in [0.2, 0.25) is 0 Å². The van der Waals surface area contributed by atoms with E-state index in [1.54, 1.807) is 17.7 Å². The summed E-state index contributed by atoms with van der Waals surface area (Å²) < 4.78 is 1.63. The number of aryl methyl sites for hydroxylation is 1. The van der Waals surface area contributed by atoms with Gasteiger partial charge in [-0.05, 0) is 6.07 Å². The summed E-state index contributed by atoms with van der Waals surface area (Å²) in [6.45, 7) is 0.497. The van der Waals surface area contributed by atoms with Crippen LogP contribution in [-0.4, -0.2) is 19.7 Å². The Balaban J connectivity index is 2.03. The van der Waals surface area contributed by atoms with E-state index >= 15 is 0 Å². The zero-order chi connectivity index (χ0) is 13.2. The van der Waals surface area contributed by atoms with Crippen LogP contribution in [0.1, 0.15) is 5.82 Å². The number of fused-ring (bicyclic) bond motifs is 1. The minimum atomic E-state index is -0.0428. The van der Waals surface area contributed by atoms with Gasteiger partial charge >= 0.3 is 0 Å². The Hall–Kier alpha value is -2.63. The fraction of sp³-hybridized carbons (Fsp3) is 0.154. The molecule has 0 atom stereocenters. The number of nitrogens with zero attached hydrogens (tertiary/aromatic N) is 3. The van der Waals surface area contributed by atoms with E-state index in [0.29, 0.717) is 6.54 Å². The van der Waals surface area contributed by atoms with Gasteiger partial charge in [-0.2, -0.15) is 5.10 Å². The van der Waals surface area contributed by atoms with Crippen molar-refractivity contribution in [2.24, 2.45) is 7.05 Å². The van der Waals surface area contributed by atoms with Gasteiger partial charge < -0.3 is 9.88 Å². The molecule has 0 saturated heterocycles. The summed E-state index contributed by atoms with van der Waals surface area (Å²) in [7, 11) is 1.77. The fourth-order valence-corrected chi connectivity index (χ4v) is 2.05. The van der Waals surface area contributed by atoms with Gasteiger partial charge in [-0.15, -0.1) is 0 Å². The molecule has 96 valence electrons. The molecule has 0 spiro atoms. The van der Waals surface area contributed by atoms with E-state index in [0.717, 1.165) is 22.4 Å². The number of pyridine rings is 1. The van der Waals surface area contributed by atoms with Crippen LogP contribution in [0.25, 0.3) is 10.9 Å². The number of para-hydroxylation sites is 1. The van der Waals surface area contributed by atoms with Crippen molar-refractivity contribution in [1.82, 2.24) is 19.7 Å². The summed E-state index contributed by atoms with van der Waals surface area (Å²) in [5, 5.41) is 10.8. The lowest BCUT2D eigenvalue weighted by Gasteiger charge is -2.11. The maximum absolute atomic E-state index is 11.9. The van der Waals surface area contributed by atoms with E-state index < -0.39 is 0 Å². The molecule has 0 fully saturated rings. The van der Waals surface area contributed by atoms with Gasteiger partial charge in [-0.1, -0.05) is 18.2 Å². The van der Waals surface area contributed by atoms with Crippen molar-refractivity contribution in [2.45, 2.75) is 6.54 Å². The fourth-order valence-electron chi connectivity index (χ4n) is 2.05. The van der Waals surface area contributed by atoms with Crippen molar-refractivity contribution in [2.75, 3.05) is 5.32 Å². The number of hydrogen-bond acceptors (Lipinski definition) is 4. The van der Waals surface area contributed by atoms with Gasteiger partial charge in [0.2, 0.25) is 0 Å². The molecule has 0 bridgehead atoms. The predicted molar refractivity (Wildman–Crippen MR) is 72.9 cm³/mol. The van der Waals surface area contributed by atoms with Crippen molar-refractivity contribution in [3.05, 3.63) is 52.8 Å². The van der Waals surface area contributed by atoms with E-state index in [-0.39, 0.29) is 5.56 Å². The van der Waals surface area contributed by atoms with E-state index in [4.69, 9.17) is 0 Å². The normalized spacial score (nSPS) is 10.8. The summed E-state index contributed by atoms with van der Waals surface area (Å²) in [6, 6.07) is 9.38. The molecule has 0 aliphatic rings. The Bertz CT molecular complexity index is 760. The van der Waals surface area contributed by atoms with E-state index in [9.17, 15) is 4.79 Å². The highest BCUT2D eigenvalue weighted by molar-refractivity contribution is 5.91. The molecule has 0 radical (unpaired) electrons. The van der Waals surface area contributed by atoms with Gasteiger partial charge in [0.05, 0.1) is 12.1 Å². The maximum Gasteiger partial charge on any atom is 0.252 e. The number of benzene rings is 1. The number of anilines is 1. The maximum atomic E-state index is 11.9. The van der Waals surface area contributed by atoms with E-state index in [1.165, 1.54) is 6.33 Å². The first-order chi connectivity index (χ1) is 9.25. The van der Waals surface area contributed by atoms with Crippen LogP contribution in [0.4, 0.5) is 5.69 Å². The van der Waals surface area contributed by atoms with Crippen molar-refractivity contribution < 1.29 is 0 Å². The zero-order valence-electron chi connectivity index (χ0n) is 10.4. The molecule has 1 aromatic carbocycles. The average molecular weight is 255 g/mol. The van der Waals surface area contributed by atoms with E-state index in [2.05, 4.69) is 20.5 Å². The smallest absolute Gasteiger partial charge is 0.252 e. The summed E-state index contributed by atoms with van der Waals surface area (Å²) in [4.78, 5) is 15.9. The molecule has 0 aliphatic heterocycles. The highest BCUT2D eigenvalue weighted by Crippen LogP contribution is 2.20. The first-order valence-electron chi connectivity index (χ1n) is 5.92. The third kappa shape index (κ3) is 2.08. The van der Waals surface area contributed by atoms with E-state index in [1.807, 2.05) is 24.3 Å². The van der Waals surface area contributed by atoms with Crippen LogP contribution in [0.3, 0.4) is 0 Å². The molecule has 3 aromatic rings. The molecular weight excluding hydrogens is 242 g/mol. The molecule has 3 rings (SSSR count). The van der Waals surface area contributed by atoms with Gasteiger partial charge in [0.25, 0.3) is 5.56 Å². The number of nitrogens with one attached hydrogen (secondary N) is 2. The number of rotatable bonds is 3. The molecule has 6 nitrogen and oxygen atoms in total. The second kappa shape index (κ2) is 4.56. The van der Waals surface area contributed by atoms with Gasteiger partial charge in [0.1, 0.15) is 12.2 Å². The average Bonchev–Trinajstić information content (AvgIpc) is 2.95. The lowest BCUT2D eigenvalue weighted by Crippen LogP contribution is -2.17. The summed E-state index contributed by atoms with van der Waals surface area (Å²) in [5.74, 6) is 0.727. The minimum absolute atomic E-state index is 0.0428. The Morgan fingerprint density at radius 2 is 2.21 bits per heavy atom. The van der Waals surface area contributed by atoms with Crippen molar-refractivity contribution >= 4 is 16.6 Å². The summed E-state index contributed by atoms with van der Waals surface area (Å²) in [5.41, 5.74) is 1.66. The molecule has 0 aliphatic carbocycles. The van der Waals surface area contributed by atoms with Crippen molar-refractivity contribution in [3.8, 4) is 0 Å². The zero-order valence-corrected chi connectivity index (χ0v) is 10.4. The minimum Gasteiger partial charge on any atom is -0.377 e. The molecular formula is C13H13N5O. The largest absolute Gasteiger partial charge is 0.377 e. The predicted octanol–water partition coefficient (Wildman–Crippen LogP) is 1.27. The van der Waals surface area contributed by atoms with Gasteiger partial charge in [0, 0.05) is 24.2 Å². The molecule has 2 aromatic heterocycles. The van der Waals surface area contributed by atoms with Crippen molar-refractivity contribution in [1.29, 1.82) is 0 Å². The number of aromatic nitrogens is 4. The van der Waals surface area contributed by atoms with Crippen molar-refractivity contribution in [3.63, 3.8) is 0 Å². The van der Waals surface area contributed by atoms with Gasteiger partial charge in [-0.25, -0.2) is 4.98 Å². The quantitative estimate of drug-likeness (QED) is 0.739. The third-order valence-corrected chi connectivity index (χ3v) is 3.07. The topological polar surface area (TPSA) is 75.6 Å². The number of H-pyrrole nitrogens is 1. The van der Waals surface area contributed by atoms with Gasteiger partial charge in [0.15, 0.2) is 0 Å². The summed E-state index contributed by atoms with van der Waals surface area (Å²) >= 11 is 0. The molecule has 2 heterocycles. The first kappa shape index (κ1) is 11.5. The standard InChI is InChI=1S/C13H13N5O/c1-18-11-5-3-2-4-9(11)10(6-13(18)19)14-7-12-15-8-16-17-12/h2-6,8,14H,7H2,1H3,(H,15,16,17). The van der Waals surface area contributed by atoms with Crippen LogP contribution in [0, 0.1) is 0 Å². The highest BCUT2D eigenvalue weighted by Gasteiger charge is 2.06. The first-order valence-corrected chi connectivity index (χ1v) is 5.92. The lowest BCUT2D eigenvalue weighted by atomic mass is 10.2. The van der Waals surface area contributed by atoms with Crippen LogP contribution >= 0.6 is 0 Å². The Kier molecular flexibility index (Phi) is 2.75. The van der Waals surface area contributed by atoms with Crippen LogP contribution in [-0.2, 0) is 13.6 Å². The molecule has 0 saturated carbocycles. The molecule has 19 heavy (non-hydrogen) atoms. The molecule has 0 unspecified atom stereocenters. The molecule has 2 N–H and O–H groups in total. The molecule has 0 amide bonds. The second-order valence-electron chi connectivity index (χ2n) is 4.26. The highest BCUT2D eigenvalue weighted by atomic mass is 16.1. The third-order valence-electron chi connectivity index (χ3n) is 3.07. The Morgan fingerprint density at radius 3 is 3.00 bits per heavy atom. The SMILES string of the molecule is Cn1c(=O)cc(NCc2ncn[nH]2)c2ccccc21. The van der Waals surface area contributed by atoms with Crippen LogP contribution < -0.4 is 10.9 Å². The Labute approximate surface area is 109 Å². The number of aromatic amines is 1. The number of hydrogen-bond donors (Lipinski definition) is 2.